The number of furan rings is 1. The molecule has 0 saturated carbocycles. The van der Waals surface area contributed by atoms with Crippen LogP contribution in [0.3, 0.4) is 0 Å². The first-order valence-electron chi connectivity index (χ1n) is 7.87. The molecule has 0 saturated heterocycles. The number of ether oxygens (including phenoxy) is 1. The van der Waals surface area contributed by atoms with Crippen LogP contribution in [0.2, 0.25) is 5.02 Å². The minimum atomic E-state index is -0.291. The van der Waals surface area contributed by atoms with Gasteiger partial charge in [0.25, 0.3) is 5.91 Å². The third kappa shape index (κ3) is 4.43. The van der Waals surface area contributed by atoms with Gasteiger partial charge in [-0.2, -0.15) is 0 Å². The van der Waals surface area contributed by atoms with Crippen molar-refractivity contribution in [3.63, 3.8) is 0 Å². The number of amides is 1. The van der Waals surface area contributed by atoms with Gasteiger partial charge in [0.1, 0.15) is 18.1 Å². The van der Waals surface area contributed by atoms with Crippen molar-refractivity contribution in [1.82, 2.24) is 0 Å². The van der Waals surface area contributed by atoms with Gasteiger partial charge >= 0.3 is 0 Å². The molecule has 25 heavy (non-hydrogen) atoms. The summed E-state index contributed by atoms with van der Waals surface area (Å²) in [6.07, 6.45) is 0. The lowest BCUT2D eigenvalue weighted by molar-refractivity contribution is 0.0992. The van der Waals surface area contributed by atoms with Gasteiger partial charge in [0, 0.05) is 10.7 Å². The van der Waals surface area contributed by atoms with Gasteiger partial charge in [0.15, 0.2) is 5.76 Å². The predicted octanol–water partition coefficient (Wildman–Crippen LogP) is 5.38. The molecule has 1 amide bonds. The van der Waals surface area contributed by atoms with Crippen molar-refractivity contribution in [2.24, 2.45) is 0 Å². The normalized spacial score (nSPS) is 10.5. The minimum Gasteiger partial charge on any atom is -0.486 e. The van der Waals surface area contributed by atoms with Crippen molar-refractivity contribution in [3.05, 3.63) is 82.3 Å². The number of anilines is 1. The first-order valence-corrected chi connectivity index (χ1v) is 8.25. The number of carbonyl (C=O) groups excluding carboxylic acids is 1. The van der Waals surface area contributed by atoms with E-state index in [4.69, 9.17) is 20.8 Å². The zero-order valence-electron chi connectivity index (χ0n) is 14.0. The molecule has 0 spiro atoms. The molecule has 5 heteroatoms. The lowest BCUT2D eigenvalue weighted by Gasteiger charge is -2.06. The van der Waals surface area contributed by atoms with Crippen LogP contribution >= 0.6 is 11.6 Å². The molecule has 4 nitrogen and oxygen atoms in total. The Labute approximate surface area is 151 Å². The summed E-state index contributed by atoms with van der Waals surface area (Å²) in [5.74, 6) is 1.20. The highest BCUT2D eigenvalue weighted by Gasteiger charge is 2.12. The van der Waals surface area contributed by atoms with Crippen LogP contribution in [0.15, 0.2) is 59.0 Å². The highest BCUT2D eigenvalue weighted by atomic mass is 35.5. The smallest absolute Gasteiger partial charge is 0.291 e. The van der Waals surface area contributed by atoms with E-state index >= 15 is 0 Å². The first-order chi connectivity index (χ1) is 12.0. The standard InChI is InChI=1S/C20H18ClNO3/c1-13-3-6-16(11-14(13)2)22-20(23)19-10-9-18(25-19)12-24-17-7-4-15(21)5-8-17/h3-11H,12H2,1-2H3,(H,22,23). The first kappa shape index (κ1) is 17.1. The van der Waals surface area contributed by atoms with Crippen LogP contribution in [-0.4, -0.2) is 5.91 Å². The second-order valence-corrected chi connectivity index (χ2v) is 6.20. The fraction of sp³-hybridized carbons (Fsp3) is 0.150. The van der Waals surface area contributed by atoms with E-state index in [0.29, 0.717) is 16.5 Å². The summed E-state index contributed by atoms with van der Waals surface area (Å²) in [5, 5.41) is 3.48. The zero-order chi connectivity index (χ0) is 17.8. The maximum absolute atomic E-state index is 12.3. The Bertz CT molecular complexity index is 884. The van der Waals surface area contributed by atoms with Crippen LogP contribution in [-0.2, 0) is 6.61 Å². The van der Waals surface area contributed by atoms with Crippen LogP contribution in [0.1, 0.15) is 27.4 Å². The summed E-state index contributed by atoms with van der Waals surface area (Å²) in [5.41, 5.74) is 3.04. The molecule has 3 aromatic rings. The molecule has 1 heterocycles. The van der Waals surface area contributed by atoms with Gasteiger partial charge in [-0.05, 0) is 73.5 Å². The van der Waals surface area contributed by atoms with Crippen LogP contribution in [0.5, 0.6) is 5.75 Å². The minimum absolute atomic E-state index is 0.235. The molecule has 2 aromatic carbocycles. The number of halogens is 1. The van der Waals surface area contributed by atoms with E-state index in [9.17, 15) is 4.79 Å². The SMILES string of the molecule is Cc1ccc(NC(=O)c2ccc(COc3ccc(Cl)cc3)o2)cc1C. The Hall–Kier alpha value is -2.72. The van der Waals surface area contributed by atoms with Gasteiger partial charge < -0.3 is 14.5 Å². The fourth-order valence-electron chi connectivity index (χ4n) is 2.27. The summed E-state index contributed by atoms with van der Waals surface area (Å²) in [6.45, 7) is 4.27. The van der Waals surface area contributed by atoms with E-state index in [1.54, 1.807) is 36.4 Å². The largest absolute Gasteiger partial charge is 0.486 e. The molecule has 0 unspecified atom stereocenters. The van der Waals surface area contributed by atoms with Crippen molar-refractivity contribution < 1.29 is 13.9 Å². The van der Waals surface area contributed by atoms with E-state index in [0.717, 1.165) is 11.3 Å². The molecule has 0 aliphatic heterocycles. The second-order valence-electron chi connectivity index (χ2n) is 5.76. The predicted molar refractivity (Wildman–Crippen MR) is 98.4 cm³/mol. The molecule has 128 valence electrons. The van der Waals surface area contributed by atoms with Gasteiger partial charge in [-0.15, -0.1) is 0 Å². The number of benzene rings is 2. The molecular formula is C20H18ClNO3. The van der Waals surface area contributed by atoms with Crippen LogP contribution < -0.4 is 10.1 Å². The summed E-state index contributed by atoms with van der Waals surface area (Å²) < 4.78 is 11.2. The van der Waals surface area contributed by atoms with Crippen LogP contribution in [0, 0.1) is 13.8 Å². The molecule has 3 rings (SSSR count). The fourth-order valence-corrected chi connectivity index (χ4v) is 2.40. The Morgan fingerprint density at radius 1 is 1.04 bits per heavy atom. The molecule has 0 atom stereocenters. The van der Waals surface area contributed by atoms with Gasteiger partial charge in [-0.3, -0.25) is 4.79 Å². The number of carbonyl (C=O) groups is 1. The van der Waals surface area contributed by atoms with Crippen LogP contribution in [0.4, 0.5) is 5.69 Å². The maximum atomic E-state index is 12.3. The number of nitrogens with one attached hydrogen (secondary N) is 1. The Kier molecular flexibility index (Phi) is 5.10. The Morgan fingerprint density at radius 2 is 1.80 bits per heavy atom. The second kappa shape index (κ2) is 7.45. The van der Waals surface area contributed by atoms with Gasteiger partial charge in [0.2, 0.25) is 0 Å². The van der Waals surface area contributed by atoms with Crippen molar-refractivity contribution in [3.8, 4) is 5.75 Å². The maximum Gasteiger partial charge on any atom is 0.291 e. The Balaban J connectivity index is 1.61. The number of rotatable bonds is 5. The molecular weight excluding hydrogens is 338 g/mol. The molecule has 0 aliphatic carbocycles. The van der Waals surface area contributed by atoms with Crippen molar-refractivity contribution >= 4 is 23.2 Å². The Morgan fingerprint density at radius 3 is 2.52 bits per heavy atom. The molecule has 0 radical (unpaired) electrons. The summed E-state index contributed by atoms with van der Waals surface area (Å²) in [4.78, 5) is 12.3. The average molecular weight is 356 g/mol. The molecule has 0 aliphatic rings. The van der Waals surface area contributed by atoms with Crippen LogP contribution in [0.25, 0.3) is 0 Å². The third-order valence-corrected chi connectivity index (χ3v) is 4.10. The van der Waals surface area contributed by atoms with E-state index in [1.165, 1.54) is 5.56 Å². The molecule has 1 N–H and O–H groups in total. The zero-order valence-corrected chi connectivity index (χ0v) is 14.8. The number of hydrogen-bond acceptors (Lipinski definition) is 3. The van der Waals surface area contributed by atoms with Gasteiger partial charge in [-0.1, -0.05) is 17.7 Å². The van der Waals surface area contributed by atoms with E-state index < -0.39 is 0 Å². The summed E-state index contributed by atoms with van der Waals surface area (Å²) in [7, 11) is 0. The van der Waals surface area contributed by atoms with Gasteiger partial charge in [-0.25, -0.2) is 0 Å². The molecule has 0 fully saturated rings. The topological polar surface area (TPSA) is 51.5 Å². The van der Waals surface area contributed by atoms with E-state index in [-0.39, 0.29) is 18.3 Å². The van der Waals surface area contributed by atoms with E-state index in [2.05, 4.69) is 5.32 Å². The highest BCUT2D eigenvalue weighted by Crippen LogP contribution is 2.19. The number of hydrogen-bond donors (Lipinski definition) is 1. The lowest BCUT2D eigenvalue weighted by Crippen LogP contribution is -2.11. The van der Waals surface area contributed by atoms with Crippen molar-refractivity contribution in [2.45, 2.75) is 20.5 Å². The third-order valence-electron chi connectivity index (χ3n) is 3.84. The highest BCUT2D eigenvalue weighted by molar-refractivity contribution is 6.30. The van der Waals surface area contributed by atoms with E-state index in [1.807, 2.05) is 32.0 Å². The van der Waals surface area contributed by atoms with Gasteiger partial charge in [0.05, 0.1) is 0 Å². The summed E-state index contributed by atoms with van der Waals surface area (Å²) in [6, 6.07) is 16.2. The van der Waals surface area contributed by atoms with Crippen molar-refractivity contribution in [1.29, 1.82) is 0 Å². The molecule has 0 bridgehead atoms. The number of aryl methyl sites for hydroxylation is 2. The monoisotopic (exact) mass is 355 g/mol. The quantitative estimate of drug-likeness (QED) is 0.668. The summed E-state index contributed by atoms with van der Waals surface area (Å²) >= 11 is 5.83. The van der Waals surface area contributed by atoms with Crippen molar-refractivity contribution in [2.75, 3.05) is 5.32 Å². The average Bonchev–Trinajstić information content (AvgIpc) is 3.07. The molecule has 1 aromatic heterocycles. The lowest BCUT2D eigenvalue weighted by atomic mass is 10.1.